The maximum absolute atomic E-state index is 14.1. The second-order valence-electron chi connectivity index (χ2n) is 8.05. The average molecular weight is 537 g/mol. The summed E-state index contributed by atoms with van der Waals surface area (Å²) in [5, 5.41) is 5.58. The molecule has 0 aliphatic carbocycles. The summed E-state index contributed by atoms with van der Waals surface area (Å²) in [6.45, 7) is 0.689. The highest BCUT2D eigenvalue weighted by atomic mass is 32.1. The standard InChI is InChI=1S/C25H21F5N4O2S/c1-36-17-5-3-2-4-16(17)24(35)32-25(37)31-14-6-8-15(9-7-14)33-10-12-34(13-11-33)23-21(29)19(27)18(26)20(28)22(23)30/h2-9H,10-13H2,1H3,(H2,31,32,35,37). The number of piperazine rings is 1. The number of nitrogens with one attached hydrogen (secondary N) is 2. The van der Waals surface area contributed by atoms with Gasteiger partial charge in [0.15, 0.2) is 28.4 Å². The summed E-state index contributed by atoms with van der Waals surface area (Å²) in [5.74, 6) is -9.80. The summed E-state index contributed by atoms with van der Waals surface area (Å²) in [6.07, 6.45) is 0. The minimum atomic E-state index is -2.18. The predicted octanol–water partition coefficient (Wildman–Crippen LogP) is 4.84. The van der Waals surface area contributed by atoms with Gasteiger partial charge in [-0.15, -0.1) is 0 Å². The summed E-state index contributed by atoms with van der Waals surface area (Å²) >= 11 is 5.22. The van der Waals surface area contributed by atoms with E-state index in [1.807, 2.05) is 4.90 Å². The van der Waals surface area contributed by atoms with Crippen molar-refractivity contribution in [3.05, 3.63) is 83.2 Å². The lowest BCUT2D eigenvalue weighted by Gasteiger charge is -2.37. The van der Waals surface area contributed by atoms with Crippen LogP contribution in [0.25, 0.3) is 0 Å². The third kappa shape index (κ3) is 5.43. The number of thiocarbonyl (C=S) groups is 1. The number of benzene rings is 3. The lowest BCUT2D eigenvalue weighted by molar-refractivity contribution is 0.0974. The van der Waals surface area contributed by atoms with Crippen LogP contribution in [-0.2, 0) is 0 Å². The molecule has 6 nitrogen and oxygen atoms in total. The van der Waals surface area contributed by atoms with E-state index in [2.05, 4.69) is 10.6 Å². The van der Waals surface area contributed by atoms with Crippen LogP contribution in [0, 0.1) is 29.1 Å². The molecule has 1 aliphatic rings. The Morgan fingerprint density at radius 2 is 1.35 bits per heavy atom. The first-order valence-corrected chi connectivity index (χ1v) is 11.5. The van der Waals surface area contributed by atoms with Crippen molar-refractivity contribution in [3.63, 3.8) is 0 Å². The van der Waals surface area contributed by atoms with Crippen molar-refractivity contribution in [2.45, 2.75) is 0 Å². The molecule has 3 aromatic carbocycles. The average Bonchev–Trinajstić information content (AvgIpc) is 2.91. The molecule has 0 unspecified atom stereocenters. The van der Waals surface area contributed by atoms with Gasteiger partial charge >= 0.3 is 0 Å². The van der Waals surface area contributed by atoms with Crippen molar-refractivity contribution in [1.29, 1.82) is 0 Å². The highest BCUT2D eigenvalue weighted by molar-refractivity contribution is 7.80. The van der Waals surface area contributed by atoms with Gasteiger partial charge < -0.3 is 19.9 Å². The smallest absolute Gasteiger partial charge is 0.261 e. The molecule has 1 amide bonds. The number of hydrogen-bond donors (Lipinski definition) is 2. The third-order valence-corrected chi connectivity index (χ3v) is 6.06. The largest absolute Gasteiger partial charge is 0.496 e. The summed E-state index contributed by atoms with van der Waals surface area (Å²) in [6, 6.07) is 13.7. The van der Waals surface area contributed by atoms with E-state index < -0.39 is 40.7 Å². The number of methoxy groups -OCH3 is 1. The van der Waals surface area contributed by atoms with Crippen molar-refractivity contribution in [3.8, 4) is 5.75 Å². The first-order valence-electron chi connectivity index (χ1n) is 11.1. The van der Waals surface area contributed by atoms with E-state index in [-0.39, 0.29) is 18.2 Å². The zero-order valence-electron chi connectivity index (χ0n) is 19.5. The van der Waals surface area contributed by atoms with Gasteiger partial charge in [-0.05, 0) is 48.6 Å². The van der Waals surface area contributed by atoms with Crippen molar-refractivity contribution in [1.82, 2.24) is 5.32 Å². The van der Waals surface area contributed by atoms with Crippen LogP contribution in [0.5, 0.6) is 5.75 Å². The number of amides is 1. The van der Waals surface area contributed by atoms with Crippen LogP contribution in [-0.4, -0.2) is 44.3 Å². The highest BCUT2D eigenvalue weighted by Crippen LogP contribution is 2.31. The fourth-order valence-electron chi connectivity index (χ4n) is 3.98. The zero-order valence-corrected chi connectivity index (χ0v) is 20.3. The van der Waals surface area contributed by atoms with Crippen LogP contribution >= 0.6 is 12.2 Å². The summed E-state index contributed by atoms with van der Waals surface area (Å²) < 4.78 is 74.0. The van der Waals surface area contributed by atoms with E-state index in [4.69, 9.17) is 17.0 Å². The molecule has 4 rings (SSSR count). The van der Waals surface area contributed by atoms with Crippen LogP contribution < -0.4 is 25.2 Å². The summed E-state index contributed by atoms with van der Waals surface area (Å²) in [5.41, 5.74) is 0.800. The molecule has 12 heteroatoms. The molecule has 2 N–H and O–H groups in total. The first kappa shape index (κ1) is 26.1. The number of rotatable bonds is 5. The summed E-state index contributed by atoms with van der Waals surface area (Å²) in [4.78, 5) is 15.5. The minimum Gasteiger partial charge on any atom is -0.496 e. The Morgan fingerprint density at radius 1 is 0.811 bits per heavy atom. The van der Waals surface area contributed by atoms with Crippen molar-refractivity contribution in [2.24, 2.45) is 0 Å². The van der Waals surface area contributed by atoms with Gasteiger partial charge in [0.2, 0.25) is 5.82 Å². The van der Waals surface area contributed by atoms with E-state index in [9.17, 15) is 26.7 Å². The van der Waals surface area contributed by atoms with Crippen LogP contribution in [0.1, 0.15) is 10.4 Å². The minimum absolute atomic E-state index is 0.0530. The molecule has 194 valence electrons. The molecular formula is C25H21F5N4O2S. The van der Waals surface area contributed by atoms with Gasteiger partial charge in [-0.2, -0.15) is 0 Å². The van der Waals surface area contributed by atoms with Gasteiger partial charge in [-0.3, -0.25) is 10.1 Å². The van der Waals surface area contributed by atoms with Crippen LogP contribution in [0.3, 0.4) is 0 Å². The lowest BCUT2D eigenvalue weighted by atomic mass is 10.2. The van der Waals surface area contributed by atoms with Crippen molar-refractivity contribution < 1.29 is 31.5 Å². The van der Waals surface area contributed by atoms with E-state index in [1.165, 1.54) is 7.11 Å². The second kappa shape index (κ2) is 11.0. The molecule has 0 radical (unpaired) electrons. The fraction of sp³-hybridized carbons (Fsp3) is 0.200. The SMILES string of the molecule is COc1ccccc1C(=O)NC(=S)Nc1ccc(N2CCN(c3c(F)c(F)c(F)c(F)c3F)CC2)cc1. The maximum atomic E-state index is 14.1. The second-order valence-corrected chi connectivity index (χ2v) is 8.46. The van der Waals surface area contributed by atoms with Crippen LogP contribution in [0.4, 0.5) is 39.0 Å². The van der Waals surface area contributed by atoms with Crippen LogP contribution in [0.15, 0.2) is 48.5 Å². The number of para-hydroxylation sites is 1. The van der Waals surface area contributed by atoms with Gasteiger partial charge in [0, 0.05) is 37.6 Å². The number of nitrogens with zero attached hydrogens (tertiary/aromatic N) is 2. The molecule has 1 saturated heterocycles. The van der Waals surface area contributed by atoms with Crippen molar-refractivity contribution >= 4 is 40.3 Å². The topological polar surface area (TPSA) is 56.8 Å². The first-order chi connectivity index (χ1) is 17.7. The fourth-order valence-corrected chi connectivity index (χ4v) is 4.19. The molecule has 0 aromatic heterocycles. The molecule has 0 atom stereocenters. The van der Waals surface area contributed by atoms with Gasteiger partial charge in [-0.25, -0.2) is 22.0 Å². The maximum Gasteiger partial charge on any atom is 0.261 e. The van der Waals surface area contributed by atoms with Crippen molar-refractivity contribution in [2.75, 3.05) is 48.4 Å². The van der Waals surface area contributed by atoms with E-state index in [0.29, 0.717) is 30.1 Å². The van der Waals surface area contributed by atoms with E-state index in [1.54, 1.807) is 48.5 Å². The Kier molecular flexibility index (Phi) is 7.77. The Hall–Kier alpha value is -3.93. The Labute approximate surface area is 214 Å². The zero-order chi connectivity index (χ0) is 26.7. The molecule has 0 saturated carbocycles. The molecular weight excluding hydrogens is 515 g/mol. The monoisotopic (exact) mass is 536 g/mol. The lowest BCUT2D eigenvalue weighted by Crippen LogP contribution is -2.47. The normalized spacial score (nSPS) is 13.4. The molecule has 1 aliphatic heterocycles. The van der Waals surface area contributed by atoms with E-state index >= 15 is 0 Å². The van der Waals surface area contributed by atoms with Gasteiger partial charge in [0.25, 0.3) is 5.91 Å². The van der Waals surface area contributed by atoms with Crippen LogP contribution in [0.2, 0.25) is 0 Å². The quantitative estimate of drug-likeness (QED) is 0.211. The Bertz CT molecular complexity index is 1300. The van der Waals surface area contributed by atoms with E-state index in [0.717, 1.165) is 10.6 Å². The molecule has 37 heavy (non-hydrogen) atoms. The molecule has 0 bridgehead atoms. The Balaban J connectivity index is 1.35. The number of ether oxygens (including phenoxy) is 1. The number of anilines is 3. The number of carbonyl (C=O) groups is 1. The molecule has 3 aromatic rings. The number of halogens is 5. The molecule has 0 spiro atoms. The molecule has 1 heterocycles. The summed E-state index contributed by atoms with van der Waals surface area (Å²) in [7, 11) is 1.46. The molecule has 1 fully saturated rings. The predicted molar refractivity (Wildman–Crippen MR) is 134 cm³/mol. The highest BCUT2D eigenvalue weighted by Gasteiger charge is 2.30. The number of hydrogen-bond acceptors (Lipinski definition) is 5. The van der Waals surface area contributed by atoms with Gasteiger partial charge in [0.05, 0.1) is 12.7 Å². The number of carbonyl (C=O) groups excluding carboxylic acids is 1. The Morgan fingerprint density at radius 3 is 1.95 bits per heavy atom. The van der Waals surface area contributed by atoms with Gasteiger partial charge in [0.1, 0.15) is 11.4 Å². The third-order valence-electron chi connectivity index (χ3n) is 5.85. The van der Waals surface area contributed by atoms with Gasteiger partial charge in [-0.1, -0.05) is 12.1 Å².